The maximum Gasteiger partial charge on any atom is 0.312 e. The van der Waals surface area contributed by atoms with E-state index < -0.39 is 11.9 Å². The number of hydrogen-bond donors (Lipinski definition) is 2. The van der Waals surface area contributed by atoms with Gasteiger partial charge in [-0.25, -0.2) is 4.98 Å². The van der Waals surface area contributed by atoms with E-state index in [0.29, 0.717) is 19.1 Å². The second-order valence-corrected chi connectivity index (χ2v) is 5.90. The van der Waals surface area contributed by atoms with Crippen LogP contribution in [0.2, 0.25) is 0 Å². The largest absolute Gasteiger partial charge is 0.481 e. The summed E-state index contributed by atoms with van der Waals surface area (Å²) < 4.78 is 5.41. The predicted molar refractivity (Wildman–Crippen MR) is 68.3 cm³/mol. The molecule has 2 atom stereocenters. The number of nitrogens with one attached hydrogen (secondary N) is 1. The van der Waals surface area contributed by atoms with E-state index >= 15 is 0 Å². The van der Waals surface area contributed by atoms with Crippen LogP contribution in [0, 0.1) is 0 Å². The minimum Gasteiger partial charge on any atom is -0.481 e. The zero-order valence-electron chi connectivity index (χ0n) is 10.0. The van der Waals surface area contributed by atoms with Crippen molar-refractivity contribution in [3.8, 4) is 0 Å². The molecule has 3 rings (SSSR count). The number of nitrogens with zero attached hydrogens (tertiary/aromatic N) is 1. The quantitative estimate of drug-likeness (QED) is 0.875. The molecule has 1 aliphatic carbocycles. The Bertz CT molecular complexity index is 454. The number of ether oxygens (including phenoxy) is 1. The van der Waals surface area contributed by atoms with Crippen molar-refractivity contribution in [2.75, 3.05) is 18.5 Å². The van der Waals surface area contributed by atoms with Gasteiger partial charge in [-0.2, -0.15) is 0 Å². The second kappa shape index (κ2) is 4.85. The Morgan fingerprint density at radius 2 is 2.39 bits per heavy atom. The summed E-state index contributed by atoms with van der Waals surface area (Å²) in [6.07, 6.45) is 3.69. The Hall–Kier alpha value is -1.14. The van der Waals surface area contributed by atoms with Crippen LogP contribution >= 0.6 is 11.3 Å². The molecule has 98 valence electrons. The molecule has 2 aliphatic rings. The number of aryl methyl sites for hydroxylation is 1. The van der Waals surface area contributed by atoms with Gasteiger partial charge in [0.1, 0.15) is 5.92 Å². The molecule has 5 nitrogen and oxygen atoms in total. The van der Waals surface area contributed by atoms with Gasteiger partial charge in [-0.3, -0.25) is 4.79 Å². The van der Waals surface area contributed by atoms with Crippen LogP contribution in [-0.4, -0.2) is 35.3 Å². The fourth-order valence-corrected chi connectivity index (χ4v) is 3.67. The number of carboxylic acids is 1. The zero-order valence-corrected chi connectivity index (χ0v) is 10.8. The summed E-state index contributed by atoms with van der Waals surface area (Å²) in [4.78, 5) is 16.7. The Morgan fingerprint density at radius 1 is 1.50 bits per heavy atom. The summed E-state index contributed by atoms with van der Waals surface area (Å²) in [5.41, 5.74) is 0.770. The molecule has 1 aliphatic heterocycles. The molecule has 0 bridgehead atoms. The predicted octanol–water partition coefficient (Wildman–Crippen LogP) is 1.85. The molecule has 0 aromatic carbocycles. The maximum atomic E-state index is 11.1. The Kier molecular flexibility index (Phi) is 3.22. The SMILES string of the molecule is O=C(O)C1CCc2sc(NC3CCCOC3)nc21. The van der Waals surface area contributed by atoms with Crippen molar-refractivity contribution in [3.05, 3.63) is 10.6 Å². The lowest BCUT2D eigenvalue weighted by molar-refractivity contribution is -0.138. The normalized spacial score (nSPS) is 26.9. The Labute approximate surface area is 109 Å². The number of rotatable bonds is 3. The monoisotopic (exact) mass is 268 g/mol. The number of thiazole rings is 1. The molecule has 18 heavy (non-hydrogen) atoms. The van der Waals surface area contributed by atoms with Crippen molar-refractivity contribution in [1.82, 2.24) is 4.98 Å². The standard InChI is InChI=1S/C12H16N2O3S/c15-11(16)8-3-4-9-10(8)14-12(18-9)13-7-2-1-5-17-6-7/h7-8H,1-6H2,(H,13,14)(H,15,16). The fourth-order valence-electron chi connectivity index (χ4n) is 2.56. The molecule has 0 saturated carbocycles. The van der Waals surface area contributed by atoms with Crippen LogP contribution in [-0.2, 0) is 16.0 Å². The number of carboxylic acid groups (broad SMARTS) is 1. The third-order valence-corrected chi connectivity index (χ3v) is 4.57. The molecule has 0 radical (unpaired) electrons. The number of fused-ring (bicyclic) bond motifs is 1. The van der Waals surface area contributed by atoms with Gasteiger partial charge in [0.15, 0.2) is 5.13 Å². The van der Waals surface area contributed by atoms with Crippen LogP contribution in [0.25, 0.3) is 0 Å². The Morgan fingerprint density at radius 3 is 3.11 bits per heavy atom. The first-order valence-corrected chi connectivity index (χ1v) is 7.12. The van der Waals surface area contributed by atoms with E-state index in [-0.39, 0.29) is 0 Å². The summed E-state index contributed by atoms with van der Waals surface area (Å²) in [5.74, 6) is -1.17. The molecule has 2 unspecified atom stereocenters. The van der Waals surface area contributed by atoms with E-state index in [1.807, 2.05) is 0 Å². The molecule has 0 spiro atoms. The van der Waals surface area contributed by atoms with Gasteiger partial charge in [0.05, 0.1) is 18.3 Å². The van der Waals surface area contributed by atoms with Crippen molar-refractivity contribution >= 4 is 22.4 Å². The van der Waals surface area contributed by atoms with E-state index in [0.717, 1.165) is 41.6 Å². The number of aliphatic carboxylic acids is 1. The molecule has 1 aromatic heterocycles. The molecular weight excluding hydrogens is 252 g/mol. The number of carbonyl (C=O) groups is 1. The van der Waals surface area contributed by atoms with Crippen LogP contribution in [0.15, 0.2) is 0 Å². The molecule has 2 heterocycles. The van der Waals surface area contributed by atoms with E-state index in [1.54, 1.807) is 11.3 Å². The van der Waals surface area contributed by atoms with E-state index in [1.165, 1.54) is 0 Å². The highest BCUT2D eigenvalue weighted by Gasteiger charge is 2.32. The first-order valence-electron chi connectivity index (χ1n) is 6.30. The summed E-state index contributed by atoms with van der Waals surface area (Å²) >= 11 is 1.60. The van der Waals surface area contributed by atoms with Gasteiger partial charge in [-0.15, -0.1) is 11.3 Å². The van der Waals surface area contributed by atoms with Crippen molar-refractivity contribution in [3.63, 3.8) is 0 Å². The third-order valence-electron chi connectivity index (χ3n) is 3.50. The van der Waals surface area contributed by atoms with Crippen LogP contribution in [0.4, 0.5) is 5.13 Å². The number of hydrogen-bond acceptors (Lipinski definition) is 5. The van der Waals surface area contributed by atoms with Crippen molar-refractivity contribution in [2.45, 2.75) is 37.6 Å². The van der Waals surface area contributed by atoms with Gasteiger partial charge in [-0.1, -0.05) is 0 Å². The van der Waals surface area contributed by atoms with Crippen molar-refractivity contribution in [2.24, 2.45) is 0 Å². The van der Waals surface area contributed by atoms with Gasteiger partial charge in [0, 0.05) is 11.5 Å². The lowest BCUT2D eigenvalue weighted by atomic mass is 10.1. The van der Waals surface area contributed by atoms with Gasteiger partial charge in [-0.05, 0) is 25.7 Å². The van der Waals surface area contributed by atoms with Crippen molar-refractivity contribution in [1.29, 1.82) is 0 Å². The summed E-state index contributed by atoms with van der Waals surface area (Å²) in [5, 5.41) is 13.3. The average Bonchev–Trinajstić information content (AvgIpc) is 2.89. The van der Waals surface area contributed by atoms with Crippen LogP contribution < -0.4 is 5.32 Å². The zero-order chi connectivity index (χ0) is 12.5. The lowest BCUT2D eigenvalue weighted by Gasteiger charge is -2.22. The van der Waals surface area contributed by atoms with Crippen LogP contribution in [0.1, 0.15) is 35.8 Å². The summed E-state index contributed by atoms with van der Waals surface area (Å²) in [7, 11) is 0. The fraction of sp³-hybridized carbons (Fsp3) is 0.667. The minimum absolute atomic E-state index is 0.313. The van der Waals surface area contributed by atoms with Crippen molar-refractivity contribution < 1.29 is 14.6 Å². The smallest absolute Gasteiger partial charge is 0.312 e. The third kappa shape index (κ3) is 2.22. The molecule has 6 heteroatoms. The molecule has 1 saturated heterocycles. The van der Waals surface area contributed by atoms with Gasteiger partial charge in [0.25, 0.3) is 0 Å². The lowest BCUT2D eigenvalue weighted by Crippen LogP contribution is -2.29. The topological polar surface area (TPSA) is 71.5 Å². The maximum absolute atomic E-state index is 11.1. The Balaban J connectivity index is 1.71. The van der Waals surface area contributed by atoms with E-state index in [9.17, 15) is 4.79 Å². The number of anilines is 1. The average molecular weight is 268 g/mol. The highest BCUT2D eigenvalue weighted by atomic mass is 32.1. The highest BCUT2D eigenvalue weighted by Crippen LogP contribution is 2.38. The first kappa shape index (κ1) is 11.9. The number of aromatic nitrogens is 1. The molecule has 2 N–H and O–H groups in total. The first-order chi connectivity index (χ1) is 8.74. The van der Waals surface area contributed by atoms with E-state index in [4.69, 9.17) is 9.84 Å². The highest BCUT2D eigenvalue weighted by molar-refractivity contribution is 7.15. The summed E-state index contributed by atoms with van der Waals surface area (Å²) in [6.45, 7) is 1.56. The van der Waals surface area contributed by atoms with Crippen LogP contribution in [0.3, 0.4) is 0 Å². The molecule has 1 fully saturated rings. The van der Waals surface area contributed by atoms with Gasteiger partial charge in [0.2, 0.25) is 0 Å². The summed E-state index contributed by atoms with van der Waals surface area (Å²) in [6, 6.07) is 0.313. The second-order valence-electron chi connectivity index (χ2n) is 4.82. The van der Waals surface area contributed by atoms with Gasteiger partial charge < -0.3 is 15.2 Å². The molecule has 1 aromatic rings. The van der Waals surface area contributed by atoms with Crippen LogP contribution in [0.5, 0.6) is 0 Å². The van der Waals surface area contributed by atoms with Gasteiger partial charge >= 0.3 is 5.97 Å². The molecular formula is C12H16N2O3S. The van der Waals surface area contributed by atoms with E-state index in [2.05, 4.69) is 10.3 Å². The molecule has 0 amide bonds. The minimum atomic E-state index is -0.758.